The van der Waals surface area contributed by atoms with E-state index in [1.165, 1.54) is 0 Å². The summed E-state index contributed by atoms with van der Waals surface area (Å²) >= 11 is 0. The van der Waals surface area contributed by atoms with Crippen molar-refractivity contribution in [2.75, 3.05) is 72.5 Å². The fourth-order valence-electron chi connectivity index (χ4n) is 3.15. The molecule has 0 heterocycles. The summed E-state index contributed by atoms with van der Waals surface area (Å²) < 4.78 is 26.8. The largest absolute Gasteiger partial charge is 0.460 e. The van der Waals surface area contributed by atoms with Gasteiger partial charge in [-0.05, 0) is 51.1 Å². The molecule has 0 radical (unpaired) electrons. The second-order valence-electron chi connectivity index (χ2n) is 9.71. The zero-order valence-corrected chi connectivity index (χ0v) is 24.5. The minimum Gasteiger partial charge on any atom is -0.460 e. The average Bonchev–Trinajstić information content (AvgIpc) is 2.91. The SMILES string of the molecule is CC(C)(C)OC(=O)CCOCCOCCOCCOCCNC(=O)[C@H](CCCCN=[N+]=[N-])NC(=O)CCCN=[N+]=[N-]. The summed E-state index contributed by atoms with van der Waals surface area (Å²) in [5.41, 5.74) is 16.2. The Bertz CT molecular complexity index is 827. The van der Waals surface area contributed by atoms with Crippen molar-refractivity contribution in [3.63, 3.8) is 0 Å². The molecule has 16 heteroatoms. The van der Waals surface area contributed by atoms with Gasteiger partial charge in [-0.3, -0.25) is 14.4 Å². The van der Waals surface area contributed by atoms with Gasteiger partial charge in [0, 0.05) is 35.9 Å². The number of ether oxygens (including phenoxy) is 5. The van der Waals surface area contributed by atoms with Gasteiger partial charge in [0.25, 0.3) is 0 Å². The lowest BCUT2D eigenvalue weighted by Crippen LogP contribution is -2.47. The monoisotopic (exact) mass is 586 g/mol. The van der Waals surface area contributed by atoms with E-state index in [0.717, 1.165) is 0 Å². The quantitative estimate of drug-likeness (QED) is 0.0503. The molecule has 41 heavy (non-hydrogen) atoms. The van der Waals surface area contributed by atoms with Crippen LogP contribution in [0.25, 0.3) is 20.9 Å². The van der Waals surface area contributed by atoms with E-state index >= 15 is 0 Å². The number of rotatable bonds is 26. The van der Waals surface area contributed by atoms with Gasteiger partial charge in [-0.2, -0.15) is 0 Å². The van der Waals surface area contributed by atoms with Crippen LogP contribution in [-0.4, -0.2) is 102 Å². The maximum atomic E-state index is 12.6. The van der Waals surface area contributed by atoms with Gasteiger partial charge in [0.15, 0.2) is 0 Å². The molecule has 0 aliphatic rings. The molecule has 0 saturated heterocycles. The molecule has 2 amide bonds. The molecule has 0 aromatic rings. The summed E-state index contributed by atoms with van der Waals surface area (Å²) in [6.45, 7) is 9.03. The molecule has 2 N–H and O–H groups in total. The van der Waals surface area contributed by atoms with Gasteiger partial charge in [-0.15, -0.1) is 0 Å². The third-order valence-corrected chi connectivity index (χ3v) is 4.97. The van der Waals surface area contributed by atoms with Gasteiger partial charge < -0.3 is 34.3 Å². The second kappa shape index (κ2) is 25.8. The smallest absolute Gasteiger partial charge is 0.308 e. The third kappa shape index (κ3) is 26.8. The van der Waals surface area contributed by atoms with Crippen LogP contribution < -0.4 is 10.6 Å². The van der Waals surface area contributed by atoms with Gasteiger partial charge >= 0.3 is 5.97 Å². The predicted octanol–water partition coefficient (Wildman–Crippen LogP) is 2.96. The van der Waals surface area contributed by atoms with Gasteiger partial charge in [0.2, 0.25) is 11.8 Å². The van der Waals surface area contributed by atoms with Crippen LogP contribution >= 0.6 is 0 Å². The molecule has 0 bridgehead atoms. The van der Waals surface area contributed by atoms with Crippen LogP contribution in [0.3, 0.4) is 0 Å². The number of azide groups is 2. The molecule has 234 valence electrons. The Kier molecular flexibility index (Phi) is 23.8. The van der Waals surface area contributed by atoms with Crippen molar-refractivity contribution in [3.05, 3.63) is 20.9 Å². The predicted molar refractivity (Wildman–Crippen MR) is 150 cm³/mol. The third-order valence-electron chi connectivity index (χ3n) is 4.97. The topological polar surface area (TPSA) is 219 Å². The fourth-order valence-corrected chi connectivity index (χ4v) is 3.15. The number of unbranched alkanes of at least 4 members (excludes halogenated alkanes) is 1. The lowest BCUT2D eigenvalue weighted by molar-refractivity contribution is -0.156. The van der Waals surface area contributed by atoms with Crippen LogP contribution in [0, 0.1) is 0 Å². The highest BCUT2D eigenvalue weighted by Crippen LogP contribution is 2.08. The Labute approximate surface area is 241 Å². The molecular formula is C25H46N8O8. The van der Waals surface area contributed by atoms with E-state index in [-0.39, 0.29) is 56.9 Å². The molecule has 0 fully saturated rings. The average molecular weight is 587 g/mol. The summed E-state index contributed by atoms with van der Waals surface area (Å²) in [6.07, 6.45) is 2.30. The van der Waals surface area contributed by atoms with Crippen LogP contribution in [-0.2, 0) is 38.1 Å². The molecule has 0 rings (SSSR count). The first kappa shape index (κ1) is 37.9. The highest BCUT2D eigenvalue weighted by atomic mass is 16.6. The van der Waals surface area contributed by atoms with Gasteiger partial charge in [-0.1, -0.05) is 16.6 Å². The zero-order valence-electron chi connectivity index (χ0n) is 24.5. The Morgan fingerprint density at radius 1 is 0.756 bits per heavy atom. The number of amides is 2. The van der Waals surface area contributed by atoms with Gasteiger partial charge in [-0.25, -0.2) is 0 Å². The van der Waals surface area contributed by atoms with Gasteiger partial charge in [0.1, 0.15) is 11.6 Å². The number of nitrogens with zero attached hydrogens (tertiary/aromatic N) is 6. The standard InChI is InChI=1S/C25H46N8O8/c1-25(2,3)41-23(35)9-13-37-15-17-39-19-20-40-18-16-38-14-12-28-24(36)21(7-4-5-10-29-32-26)31-22(34)8-6-11-30-33-27/h21H,4-20H2,1-3H3,(H,28,36)(H,31,34)/t21-/m0/s1. The molecule has 0 aromatic heterocycles. The highest BCUT2D eigenvalue weighted by molar-refractivity contribution is 5.87. The maximum absolute atomic E-state index is 12.6. The van der Waals surface area contributed by atoms with Crippen molar-refractivity contribution in [3.8, 4) is 0 Å². The zero-order chi connectivity index (χ0) is 30.6. The molecule has 0 spiro atoms. The van der Waals surface area contributed by atoms with E-state index < -0.39 is 11.6 Å². The molecule has 16 nitrogen and oxygen atoms in total. The Hall–Kier alpha value is -3.13. The molecule has 0 unspecified atom stereocenters. The normalized spacial score (nSPS) is 11.6. The van der Waals surface area contributed by atoms with Crippen molar-refractivity contribution < 1.29 is 38.1 Å². The molecule has 0 aromatic carbocycles. The number of esters is 1. The van der Waals surface area contributed by atoms with Crippen molar-refractivity contribution >= 4 is 17.8 Å². The fraction of sp³-hybridized carbons (Fsp3) is 0.880. The van der Waals surface area contributed by atoms with Crippen LogP contribution in [0.5, 0.6) is 0 Å². The van der Waals surface area contributed by atoms with Gasteiger partial charge in [0.05, 0.1) is 59.3 Å². The Morgan fingerprint density at radius 2 is 1.29 bits per heavy atom. The minimum absolute atomic E-state index is 0.138. The Balaban J connectivity index is 3.89. The van der Waals surface area contributed by atoms with Crippen LogP contribution in [0.4, 0.5) is 0 Å². The number of nitrogens with one attached hydrogen (secondary N) is 2. The van der Waals surface area contributed by atoms with E-state index in [0.29, 0.717) is 71.9 Å². The number of hydrogen-bond acceptors (Lipinski definition) is 10. The van der Waals surface area contributed by atoms with Crippen molar-refractivity contribution in [2.24, 2.45) is 10.2 Å². The number of hydrogen-bond donors (Lipinski definition) is 2. The number of carbonyl (C=O) groups is 3. The summed E-state index contributed by atoms with van der Waals surface area (Å²) in [4.78, 5) is 41.6. The molecule has 0 aliphatic carbocycles. The Morgan fingerprint density at radius 3 is 1.85 bits per heavy atom. The van der Waals surface area contributed by atoms with Crippen LogP contribution in [0.1, 0.15) is 59.3 Å². The van der Waals surface area contributed by atoms with E-state index in [4.69, 9.17) is 34.7 Å². The second-order valence-corrected chi connectivity index (χ2v) is 9.71. The summed E-state index contributed by atoms with van der Waals surface area (Å²) in [5, 5.41) is 12.3. The van der Waals surface area contributed by atoms with E-state index in [2.05, 4.69) is 30.7 Å². The van der Waals surface area contributed by atoms with Crippen molar-refractivity contribution in [1.82, 2.24) is 10.6 Å². The molecule has 1 atom stereocenters. The van der Waals surface area contributed by atoms with Crippen LogP contribution in [0.15, 0.2) is 10.2 Å². The van der Waals surface area contributed by atoms with E-state index in [1.807, 2.05) is 20.8 Å². The first-order valence-corrected chi connectivity index (χ1v) is 13.8. The minimum atomic E-state index is -0.730. The van der Waals surface area contributed by atoms with Crippen molar-refractivity contribution in [2.45, 2.75) is 70.9 Å². The summed E-state index contributed by atoms with van der Waals surface area (Å²) in [5.74, 6) is -0.935. The van der Waals surface area contributed by atoms with Crippen LogP contribution in [0.2, 0.25) is 0 Å². The number of carbonyl (C=O) groups excluding carboxylic acids is 3. The lowest BCUT2D eigenvalue weighted by atomic mass is 10.1. The van der Waals surface area contributed by atoms with E-state index in [1.54, 1.807) is 0 Å². The van der Waals surface area contributed by atoms with Crippen molar-refractivity contribution in [1.29, 1.82) is 0 Å². The molecule has 0 saturated carbocycles. The lowest BCUT2D eigenvalue weighted by Gasteiger charge is -2.19. The molecular weight excluding hydrogens is 540 g/mol. The first-order chi connectivity index (χ1) is 19.7. The summed E-state index contributed by atoms with van der Waals surface area (Å²) in [7, 11) is 0. The maximum Gasteiger partial charge on any atom is 0.308 e. The molecule has 0 aliphatic heterocycles. The van der Waals surface area contributed by atoms with E-state index in [9.17, 15) is 14.4 Å². The first-order valence-electron chi connectivity index (χ1n) is 13.8. The highest BCUT2D eigenvalue weighted by Gasteiger charge is 2.20. The summed E-state index contributed by atoms with van der Waals surface area (Å²) in [6, 6.07) is -0.730.